The summed E-state index contributed by atoms with van der Waals surface area (Å²) in [5, 5.41) is 7.84. The van der Waals surface area contributed by atoms with Crippen molar-refractivity contribution in [3.63, 3.8) is 0 Å². The molecule has 19 heavy (non-hydrogen) atoms. The van der Waals surface area contributed by atoms with Gasteiger partial charge in [0.15, 0.2) is 5.82 Å². The van der Waals surface area contributed by atoms with Gasteiger partial charge in [-0.1, -0.05) is 13.8 Å². The van der Waals surface area contributed by atoms with Gasteiger partial charge in [0.2, 0.25) is 0 Å². The van der Waals surface area contributed by atoms with E-state index < -0.39 is 0 Å². The molecule has 2 heterocycles. The largest absolute Gasteiger partial charge is 0.370 e. The summed E-state index contributed by atoms with van der Waals surface area (Å²) in [7, 11) is 0. The highest BCUT2D eigenvalue weighted by Gasteiger charge is 2.10. The molecule has 0 aliphatic rings. The van der Waals surface area contributed by atoms with Gasteiger partial charge >= 0.3 is 0 Å². The van der Waals surface area contributed by atoms with Crippen LogP contribution in [-0.2, 0) is 12.8 Å². The zero-order chi connectivity index (χ0) is 13.8. The van der Waals surface area contributed by atoms with Crippen molar-refractivity contribution in [1.29, 1.82) is 0 Å². The molecule has 0 radical (unpaired) electrons. The van der Waals surface area contributed by atoms with Crippen molar-refractivity contribution < 1.29 is 0 Å². The van der Waals surface area contributed by atoms with Crippen LogP contribution in [0.15, 0.2) is 12.1 Å². The van der Waals surface area contributed by atoms with Crippen LogP contribution in [0.4, 0.5) is 5.82 Å². The molecule has 0 aliphatic carbocycles. The second-order valence-electron chi connectivity index (χ2n) is 4.43. The fraction of sp³-hybridized carbons (Fsp3) is 0.500. The Labute approximate surface area is 114 Å². The molecule has 0 spiro atoms. The van der Waals surface area contributed by atoms with Crippen molar-refractivity contribution in [2.45, 2.75) is 40.5 Å². The molecule has 5 nitrogen and oxygen atoms in total. The molecule has 2 aromatic rings. The quantitative estimate of drug-likeness (QED) is 0.896. The molecule has 0 aliphatic heterocycles. The van der Waals surface area contributed by atoms with Gasteiger partial charge in [-0.3, -0.25) is 0 Å². The Morgan fingerprint density at radius 2 is 1.89 bits per heavy atom. The highest BCUT2D eigenvalue weighted by Crippen LogP contribution is 2.15. The van der Waals surface area contributed by atoms with Crippen molar-refractivity contribution in [3.8, 4) is 5.82 Å². The maximum absolute atomic E-state index is 4.61. The minimum absolute atomic E-state index is 0.754. The van der Waals surface area contributed by atoms with Gasteiger partial charge in [-0.15, -0.1) is 0 Å². The van der Waals surface area contributed by atoms with E-state index in [9.17, 15) is 0 Å². The first-order valence-corrected chi connectivity index (χ1v) is 6.85. The number of nitrogens with one attached hydrogen (secondary N) is 1. The third-order valence-electron chi connectivity index (χ3n) is 2.96. The highest BCUT2D eigenvalue weighted by atomic mass is 15.3. The second kappa shape index (κ2) is 5.82. The normalized spacial score (nSPS) is 10.7. The first-order valence-electron chi connectivity index (χ1n) is 6.85. The second-order valence-corrected chi connectivity index (χ2v) is 4.43. The van der Waals surface area contributed by atoms with Gasteiger partial charge in [0.1, 0.15) is 11.6 Å². The minimum atomic E-state index is 0.754. The predicted molar refractivity (Wildman–Crippen MR) is 76.8 cm³/mol. The molecule has 2 aromatic heterocycles. The fourth-order valence-corrected chi connectivity index (χ4v) is 2.03. The SMILES string of the molecule is CCNc1cc(-n2nc(CC)cc2CC)nc(C)n1. The van der Waals surface area contributed by atoms with Crippen molar-refractivity contribution in [2.75, 3.05) is 11.9 Å². The number of nitrogens with zero attached hydrogens (tertiary/aromatic N) is 4. The number of anilines is 1. The lowest BCUT2D eigenvalue weighted by molar-refractivity contribution is 0.763. The molecule has 102 valence electrons. The van der Waals surface area contributed by atoms with Crippen LogP contribution in [0, 0.1) is 6.92 Å². The summed E-state index contributed by atoms with van der Waals surface area (Å²) in [6.07, 6.45) is 1.87. The van der Waals surface area contributed by atoms with E-state index in [0.717, 1.165) is 42.5 Å². The Kier molecular flexibility index (Phi) is 4.14. The maximum atomic E-state index is 4.61. The molecule has 0 aromatic carbocycles. The maximum Gasteiger partial charge on any atom is 0.159 e. The molecule has 0 saturated carbocycles. The van der Waals surface area contributed by atoms with Crippen LogP contribution in [-0.4, -0.2) is 26.3 Å². The lowest BCUT2D eigenvalue weighted by Crippen LogP contribution is -2.09. The molecule has 2 rings (SSSR count). The van der Waals surface area contributed by atoms with Crippen molar-refractivity contribution in [3.05, 3.63) is 29.3 Å². The van der Waals surface area contributed by atoms with Crippen LogP contribution in [0.2, 0.25) is 0 Å². The zero-order valence-corrected chi connectivity index (χ0v) is 12.1. The van der Waals surface area contributed by atoms with Crippen molar-refractivity contribution in [2.24, 2.45) is 0 Å². The standard InChI is InChI=1S/C14H21N5/c1-5-11-8-12(6-2)19(18-11)14-9-13(15-7-3)16-10(4)17-14/h8-9H,5-7H2,1-4H3,(H,15,16,17). The van der Waals surface area contributed by atoms with E-state index in [-0.39, 0.29) is 0 Å². The van der Waals surface area contributed by atoms with Crippen molar-refractivity contribution >= 4 is 5.82 Å². The van der Waals surface area contributed by atoms with Gasteiger partial charge in [-0.2, -0.15) is 5.10 Å². The average molecular weight is 259 g/mol. The minimum Gasteiger partial charge on any atom is -0.370 e. The molecule has 0 fully saturated rings. The smallest absolute Gasteiger partial charge is 0.159 e. The number of hydrogen-bond donors (Lipinski definition) is 1. The number of aryl methyl sites for hydroxylation is 3. The number of rotatable bonds is 5. The lowest BCUT2D eigenvalue weighted by atomic mass is 10.2. The average Bonchev–Trinajstić information content (AvgIpc) is 2.81. The molecule has 0 atom stereocenters. The molecule has 0 saturated heterocycles. The summed E-state index contributed by atoms with van der Waals surface area (Å²) in [5.74, 6) is 2.43. The fourth-order valence-electron chi connectivity index (χ4n) is 2.03. The van der Waals surface area contributed by atoms with E-state index in [1.807, 2.05) is 17.7 Å². The Bertz CT molecular complexity index is 559. The topological polar surface area (TPSA) is 55.6 Å². The molecule has 1 N–H and O–H groups in total. The van der Waals surface area contributed by atoms with Crippen LogP contribution >= 0.6 is 0 Å². The Hall–Kier alpha value is -1.91. The van der Waals surface area contributed by atoms with E-state index in [4.69, 9.17) is 0 Å². The number of hydrogen-bond acceptors (Lipinski definition) is 4. The van der Waals surface area contributed by atoms with Crippen molar-refractivity contribution in [1.82, 2.24) is 19.7 Å². The first-order chi connectivity index (χ1) is 9.17. The van der Waals surface area contributed by atoms with E-state index >= 15 is 0 Å². The summed E-state index contributed by atoms with van der Waals surface area (Å²) >= 11 is 0. The van der Waals surface area contributed by atoms with E-state index in [0.29, 0.717) is 0 Å². The Balaban J connectivity index is 2.48. The predicted octanol–water partition coefficient (Wildman–Crippen LogP) is 2.53. The highest BCUT2D eigenvalue weighted by molar-refractivity contribution is 5.42. The van der Waals surface area contributed by atoms with Crippen LogP contribution in [0.5, 0.6) is 0 Å². The van der Waals surface area contributed by atoms with Crippen LogP contribution in [0.25, 0.3) is 5.82 Å². The first kappa shape index (κ1) is 13.5. The van der Waals surface area contributed by atoms with Gasteiger partial charge < -0.3 is 5.32 Å². The molecule has 0 unspecified atom stereocenters. The third kappa shape index (κ3) is 2.92. The van der Waals surface area contributed by atoms with Gasteiger partial charge in [0, 0.05) is 18.3 Å². The molecule has 0 amide bonds. The summed E-state index contributed by atoms with van der Waals surface area (Å²) < 4.78 is 1.92. The molecular weight excluding hydrogens is 238 g/mol. The van der Waals surface area contributed by atoms with Crippen LogP contribution in [0.1, 0.15) is 38.0 Å². The lowest BCUT2D eigenvalue weighted by Gasteiger charge is -2.09. The monoisotopic (exact) mass is 259 g/mol. The zero-order valence-electron chi connectivity index (χ0n) is 12.1. The van der Waals surface area contributed by atoms with E-state index in [1.54, 1.807) is 0 Å². The number of aromatic nitrogens is 4. The van der Waals surface area contributed by atoms with Gasteiger partial charge in [0.25, 0.3) is 0 Å². The Morgan fingerprint density at radius 3 is 2.53 bits per heavy atom. The molecule has 0 bridgehead atoms. The summed E-state index contributed by atoms with van der Waals surface area (Å²) in [6.45, 7) is 9.04. The summed E-state index contributed by atoms with van der Waals surface area (Å²) in [5.41, 5.74) is 2.27. The third-order valence-corrected chi connectivity index (χ3v) is 2.96. The molecule has 5 heteroatoms. The van der Waals surface area contributed by atoms with E-state index in [1.165, 1.54) is 5.69 Å². The van der Waals surface area contributed by atoms with Gasteiger partial charge in [0.05, 0.1) is 5.69 Å². The Morgan fingerprint density at radius 1 is 1.11 bits per heavy atom. The van der Waals surface area contributed by atoms with Crippen LogP contribution < -0.4 is 5.32 Å². The summed E-state index contributed by atoms with van der Waals surface area (Å²) in [4.78, 5) is 8.86. The van der Waals surface area contributed by atoms with Crippen LogP contribution in [0.3, 0.4) is 0 Å². The summed E-state index contributed by atoms with van der Waals surface area (Å²) in [6, 6.07) is 4.09. The van der Waals surface area contributed by atoms with E-state index in [2.05, 4.69) is 47.2 Å². The van der Waals surface area contributed by atoms with Gasteiger partial charge in [-0.25, -0.2) is 14.6 Å². The van der Waals surface area contributed by atoms with Gasteiger partial charge in [-0.05, 0) is 32.8 Å². The molecular formula is C14H21N5.